The second-order valence-corrected chi connectivity index (χ2v) is 5.59. The zero-order chi connectivity index (χ0) is 15.5. The molecule has 2 amide bonds. The minimum atomic E-state index is -1.27. The smallest absolute Gasteiger partial charge is 0.329 e. The molecule has 3 N–H and O–H groups in total. The number of aliphatic hydroxyl groups excluding tert-OH is 1. The van der Waals surface area contributed by atoms with E-state index in [0.29, 0.717) is 19.8 Å². The fraction of sp³-hybridized carbons (Fsp3) is 0.846. The van der Waals surface area contributed by atoms with E-state index in [9.17, 15) is 19.8 Å². The standard InChI is InChI=1S/C13H22N2O6/c1-9-6-15(7-10(8-16)21-9)12(19)14-13(11(17)18)2-4-20-5-3-13/h9-10,16H,2-8H2,1H3,(H,14,19)(H,17,18). The molecule has 0 aromatic rings. The summed E-state index contributed by atoms with van der Waals surface area (Å²) in [5.74, 6) is -1.04. The molecule has 2 fully saturated rings. The predicted molar refractivity (Wildman–Crippen MR) is 71.9 cm³/mol. The van der Waals surface area contributed by atoms with Crippen molar-refractivity contribution in [2.45, 2.75) is 37.5 Å². The normalized spacial score (nSPS) is 29.0. The number of aliphatic hydroxyl groups is 1. The molecule has 2 aliphatic rings. The van der Waals surface area contributed by atoms with Crippen LogP contribution in [0.1, 0.15) is 19.8 Å². The number of carboxylic acids is 1. The first kappa shape index (κ1) is 16.0. The Labute approximate surface area is 123 Å². The molecule has 0 aromatic heterocycles. The Bertz CT molecular complexity index is 396. The molecule has 0 aliphatic carbocycles. The summed E-state index contributed by atoms with van der Waals surface area (Å²) in [6, 6.07) is -0.437. The number of aliphatic carboxylic acids is 1. The van der Waals surface area contributed by atoms with E-state index in [4.69, 9.17) is 9.47 Å². The van der Waals surface area contributed by atoms with Crippen molar-refractivity contribution < 1.29 is 29.3 Å². The van der Waals surface area contributed by atoms with E-state index in [2.05, 4.69) is 5.32 Å². The van der Waals surface area contributed by atoms with Crippen molar-refractivity contribution in [2.24, 2.45) is 0 Å². The fourth-order valence-electron chi connectivity index (χ4n) is 2.71. The van der Waals surface area contributed by atoms with Crippen molar-refractivity contribution in [1.82, 2.24) is 10.2 Å². The molecule has 2 aliphatic heterocycles. The summed E-state index contributed by atoms with van der Waals surface area (Å²) in [5.41, 5.74) is -1.27. The zero-order valence-electron chi connectivity index (χ0n) is 12.1. The maximum Gasteiger partial charge on any atom is 0.329 e. The number of urea groups is 1. The average Bonchev–Trinajstić information content (AvgIpc) is 2.47. The first-order valence-corrected chi connectivity index (χ1v) is 7.11. The molecule has 2 unspecified atom stereocenters. The van der Waals surface area contributed by atoms with Crippen LogP contribution in [-0.2, 0) is 14.3 Å². The van der Waals surface area contributed by atoms with Crippen LogP contribution in [0.5, 0.6) is 0 Å². The Morgan fingerprint density at radius 3 is 2.57 bits per heavy atom. The van der Waals surface area contributed by atoms with Crippen LogP contribution in [0.3, 0.4) is 0 Å². The van der Waals surface area contributed by atoms with Gasteiger partial charge in [0.25, 0.3) is 0 Å². The van der Waals surface area contributed by atoms with E-state index < -0.39 is 23.6 Å². The van der Waals surface area contributed by atoms with Gasteiger partial charge in [-0.25, -0.2) is 9.59 Å². The highest BCUT2D eigenvalue weighted by molar-refractivity contribution is 5.86. The zero-order valence-corrected chi connectivity index (χ0v) is 12.1. The number of amides is 2. The minimum absolute atomic E-state index is 0.175. The summed E-state index contributed by atoms with van der Waals surface area (Å²) in [6.45, 7) is 2.87. The van der Waals surface area contributed by atoms with E-state index >= 15 is 0 Å². The summed E-state index contributed by atoms with van der Waals surface area (Å²) in [6.07, 6.45) is -0.137. The van der Waals surface area contributed by atoms with Crippen LogP contribution in [0.4, 0.5) is 4.79 Å². The number of rotatable bonds is 3. The monoisotopic (exact) mass is 302 g/mol. The van der Waals surface area contributed by atoms with Gasteiger partial charge in [-0.1, -0.05) is 0 Å². The summed E-state index contributed by atoms with van der Waals surface area (Å²) < 4.78 is 10.6. The van der Waals surface area contributed by atoms with E-state index in [1.807, 2.05) is 6.92 Å². The lowest BCUT2D eigenvalue weighted by Gasteiger charge is -2.39. The van der Waals surface area contributed by atoms with Gasteiger partial charge in [0.05, 0.1) is 25.4 Å². The number of nitrogens with one attached hydrogen (secondary N) is 1. The molecule has 0 saturated carbocycles. The summed E-state index contributed by atoms with van der Waals surface area (Å²) in [5, 5.41) is 21.2. The molecule has 21 heavy (non-hydrogen) atoms. The SMILES string of the molecule is CC1CN(C(=O)NC2(C(=O)O)CCOCC2)CC(CO)O1. The number of ether oxygens (including phenoxy) is 2. The van der Waals surface area contributed by atoms with Crippen LogP contribution < -0.4 is 5.32 Å². The lowest BCUT2D eigenvalue weighted by molar-refractivity contribution is -0.148. The Morgan fingerprint density at radius 1 is 1.33 bits per heavy atom. The molecule has 0 spiro atoms. The Balaban J connectivity index is 2.03. The Hall–Kier alpha value is -1.38. The number of nitrogens with zero attached hydrogens (tertiary/aromatic N) is 1. The van der Waals surface area contributed by atoms with Crippen molar-refractivity contribution in [3.05, 3.63) is 0 Å². The van der Waals surface area contributed by atoms with Gasteiger partial charge >= 0.3 is 12.0 Å². The molecule has 2 saturated heterocycles. The lowest BCUT2D eigenvalue weighted by Crippen LogP contribution is -2.62. The van der Waals surface area contributed by atoms with Gasteiger partial charge in [-0.15, -0.1) is 0 Å². The van der Waals surface area contributed by atoms with E-state index in [1.165, 1.54) is 4.90 Å². The highest BCUT2D eigenvalue weighted by Crippen LogP contribution is 2.22. The van der Waals surface area contributed by atoms with Crippen LogP contribution in [0.15, 0.2) is 0 Å². The third-order valence-electron chi connectivity index (χ3n) is 3.92. The van der Waals surface area contributed by atoms with E-state index in [-0.39, 0.29) is 32.1 Å². The number of hydrogen-bond donors (Lipinski definition) is 3. The molecular weight excluding hydrogens is 280 g/mol. The number of hydrogen-bond acceptors (Lipinski definition) is 5. The fourth-order valence-corrected chi connectivity index (χ4v) is 2.71. The van der Waals surface area contributed by atoms with Gasteiger partial charge in [0.2, 0.25) is 0 Å². The maximum absolute atomic E-state index is 12.4. The van der Waals surface area contributed by atoms with Crippen molar-refractivity contribution >= 4 is 12.0 Å². The van der Waals surface area contributed by atoms with Crippen molar-refractivity contribution in [2.75, 3.05) is 32.9 Å². The summed E-state index contributed by atoms with van der Waals surface area (Å²) in [4.78, 5) is 25.4. The molecular formula is C13H22N2O6. The molecule has 8 nitrogen and oxygen atoms in total. The van der Waals surface area contributed by atoms with Gasteiger partial charge in [-0.2, -0.15) is 0 Å². The van der Waals surface area contributed by atoms with Gasteiger partial charge in [0, 0.05) is 32.6 Å². The van der Waals surface area contributed by atoms with Crippen LogP contribution >= 0.6 is 0 Å². The molecule has 120 valence electrons. The molecule has 2 atom stereocenters. The summed E-state index contributed by atoms with van der Waals surface area (Å²) in [7, 11) is 0. The van der Waals surface area contributed by atoms with Crippen molar-refractivity contribution in [1.29, 1.82) is 0 Å². The summed E-state index contributed by atoms with van der Waals surface area (Å²) >= 11 is 0. The third kappa shape index (κ3) is 3.63. The number of morpholine rings is 1. The van der Waals surface area contributed by atoms with Gasteiger partial charge in [0.15, 0.2) is 0 Å². The highest BCUT2D eigenvalue weighted by atomic mass is 16.5. The average molecular weight is 302 g/mol. The highest BCUT2D eigenvalue weighted by Gasteiger charge is 2.43. The van der Waals surface area contributed by atoms with Crippen LogP contribution in [-0.4, -0.2) is 77.8 Å². The molecule has 2 heterocycles. The van der Waals surface area contributed by atoms with E-state index in [1.54, 1.807) is 0 Å². The number of carbonyl (C=O) groups is 2. The lowest BCUT2D eigenvalue weighted by atomic mass is 9.90. The maximum atomic E-state index is 12.4. The molecule has 2 rings (SSSR count). The number of carbonyl (C=O) groups excluding carboxylic acids is 1. The van der Waals surface area contributed by atoms with Crippen molar-refractivity contribution in [3.8, 4) is 0 Å². The van der Waals surface area contributed by atoms with E-state index in [0.717, 1.165) is 0 Å². The Morgan fingerprint density at radius 2 is 2.00 bits per heavy atom. The molecule has 0 radical (unpaired) electrons. The van der Waals surface area contributed by atoms with Gasteiger partial charge in [0.1, 0.15) is 5.54 Å². The van der Waals surface area contributed by atoms with Crippen LogP contribution in [0.25, 0.3) is 0 Å². The molecule has 0 bridgehead atoms. The molecule has 8 heteroatoms. The van der Waals surface area contributed by atoms with Crippen LogP contribution in [0, 0.1) is 0 Å². The first-order chi connectivity index (χ1) is 9.97. The first-order valence-electron chi connectivity index (χ1n) is 7.11. The van der Waals surface area contributed by atoms with Gasteiger partial charge in [-0.3, -0.25) is 0 Å². The predicted octanol–water partition coefficient (Wildman–Crippen LogP) is -0.589. The Kier molecular flexibility index (Phi) is 5.02. The largest absolute Gasteiger partial charge is 0.480 e. The second kappa shape index (κ2) is 6.59. The second-order valence-electron chi connectivity index (χ2n) is 5.59. The van der Waals surface area contributed by atoms with Crippen LogP contribution in [0.2, 0.25) is 0 Å². The van der Waals surface area contributed by atoms with Gasteiger partial charge < -0.3 is 29.9 Å². The molecule has 0 aromatic carbocycles. The minimum Gasteiger partial charge on any atom is -0.480 e. The quantitative estimate of drug-likeness (QED) is 0.643. The topological polar surface area (TPSA) is 108 Å². The van der Waals surface area contributed by atoms with Crippen molar-refractivity contribution in [3.63, 3.8) is 0 Å². The number of carboxylic acid groups (broad SMARTS) is 1. The van der Waals surface area contributed by atoms with Gasteiger partial charge in [-0.05, 0) is 6.92 Å². The third-order valence-corrected chi connectivity index (χ3v) is 3.92.